The molecule has 0 fully saturated rings. The molecular weight excluding hydrogens is 254 g/mol. The molecule has 1 aromatic carbocycles. The van der Waals surface area contributed by atoms with Crippen molar-refractivity contribution in [2.45, 2.75) is 24.6 Å². The van der Waals surface area contributed by atoms with Crippen LogP contribution >= 0.6 is 23.4 Å². The van der Waals surface area contributed by atoms with Crippen molar-refractivity contribution in [1.82, 2.24) is 0 Å². The van der Waals surface area contributed by atoms with Crippen molar-refractivity contribution in [3.63, 3.8) is 0 Å². The van der Waals surface area contributed by atoms with E-state index in [4.69, 9.17) is 22.1 Å². The predicted octanol–water partition coefficient (Wildman–Crippen LogP) is 3.50. The molecular formula is C13H20ClNOS. The lowest BCUT2D eigenvalue weighted by molar-refractivity contribution is 0.218. The Bertz CT molecular complexity index is 318. The SMILES string of the molecule is CCC(N)C(SCCOC)c1ccc(Cl)cc1. The molecule has 0 bridgehead atoms. The molecule has 0 amide bonds. The highest BCUT2D eigenvalue weighted by molar-refractivity contribution is 7.99. The van der Waals surface area contributed by atoms with Gasteiger partial charge in [-0.1, -0.05) is 30.7 Å². The zero-order chi connectivity index (χ0) is 12.7. The van der Waals surface area contributed by atoms with Gasteiger partial charge in [-0.15, -0.1) is 11.8 Å². The van der Waals surface area contributed by atoms with E-state index in [2.05, 4.69) is 19.1 Å². The number of methoxy groups -OCH3 is 1. The molecule has 0 aliphatic rings. The van der Waals surface area contributed by atoms with Gasteiger partial charge in [-0.25, -0.2) is 0 Å². The third-order valence-corrected chi connectivity index (χ3v) is 4.28. The topological polar surface area (TPSA) is 35.2 Å². The van der Waals surface area contributed by atoms with Crippen LogP contribution in [0.4, 0.5) is 0 Å². The normalized spacial score (nSPS) is 14.6. The lowest BCUT2D eigenvalue weighted by Crippen LogP contribution is -2.26. The lowest BCUT2D eigenvalue weighted by atomic mass is 10.0. The van der Waals surface area contributed by atoms with Crippen LogP contribution in [0.2, 0.25) is 5.02 Å². The van der Waals surface area contributed by atoms with Crippen LogP contribution in [0.3, 0.4) is 0 Å². The summed E-state index contributed by atoms with van der Waals surface area (Å²) >= 11 is 7.74. The number of hydrogen-bond donors (Lipinski definition) is 1. The second-order valence-corrected chi connectivity index (χ2v) is 5.59. The molecule has 1 rings (SSSR count). The monoisotopic (exact) mass is 273 g/mol. The number of rotatable bonds is 7. The van der Waals surface area contributed by atoms with Crippen molar-refractivity contribution < 1.29 is 4.74 Å². The zero-order valence-electron chi connectivity index (χ0n) is 10.4. The Labute approximate surface area is 113 Å². The zero-order valence-corrected chi connectivity index (χ0v) is 11.9. The largest absolute Gasteiger partial charge is 0.384 e. The van der Waals surface area contributed by atoms with Crippen LogP contribution in [0, 0.1) is 0 Å². The first-order chi connectivity index (χ1) is 8.19. The Kier molecular flexibility index (Phi) is 6.97. The van der Waals surface area contributed by atoms with E-state index in [9.17, 15) is 0 Å². The summed E-state index contributed by atoms with van der Waals surface area (Å²) in [6.45, 7) is 2.87. The summed E-state index contributed by atoms with van der Waals surface area (Å²) in [5.74, 6) is 0.956. The third-order valence-electron chi connectivity index (χ3n) is 2.64. The van der Waals surface area contributed by atoms with E-state index in [1.54, 1.807) is 7.11 Å². The maximum atomic E-state index is 6.17. The van der Waals surface area contributed by atoms with Crippen molar-refractivity contribution in [2.75, 3.05) is 19.5 Å². The number of thioether (sulfide) groups is 1. The van der Waals surface area contributed by atoms with Crippen molar-refractivity contribution in [2.24, 2.45) is 5.73 Å². The predicted molar refractivity (Wildman–Crippen MR) is 76.8 cm³/mol. The number of halogens is 1. The molecule has 2 N–H and O–H groups in total. The summed E-state index contributed by atoms with van der Waals surface area (Å²) in [6.07, 6.45) is 0.966. The molecule has 96 valence electrons. The number of ether oxygens (including phenoxy) is 1. The molecule has 2 atom stereocenters. The van der Waals surface area contributed by atoms with E-state index in [0.717, 1.165) is 23.8 Å². The molecule has 0 aliphatic carbocycles. The summed E-state index contributed by atoms with van der Waals surface area (Å²) in [5.41, 5.74) is 7.42. The van der Waals surface area contributed by atoms with E-state index in [1.807, 2.05) is 23.9 Å². The Hall–Kier alpha value is -0.220. The maximum Gasteiger partial charge on any atom is 0.0553 e. The molecule has 0 aromatic heterocycles. The van der Waals surface area contributed by atoms with Gasteiger partial charge in [0.1, 0.15) is 0 Å². The van der Waals surface area contributed by atoms with E-state index in [1.165, 1.54) is 5.56 Å². The van der Waals surface area contributed by atoms with Gasteiger partial charge in [0.2, 0.25) is 0 Å². The van der Waals surface area contributed by atoms with E-state index in [-0.39, 0.29) is 6.04 Å². The van der Waals surface area contributed by atoms with Crippen LogP contribution in [0.5, 0.6) is 0 Å². The quantitative estimate of drug-likeness (QED) is 0.773. The van der Waals surface area contributed by atoms with E-state index in [0.29, 0.717) is 5.25 Å². The minimum Gasteiger partial charge on any atom is -0.384 e. The molecule has 2 nitrogen and oxygen atoms in total. The first-order valence-electron chi connectivity index (χ1n) is 5.80. The van der Waals surface area contributed by atoms with Crippen LogP contribution in [0.1, 0.15) is 24.2 Å². The lowest BCUT2D eigenvalue weighted by Gasteiger charge is -2.23. The van der Waals surface area contributed by atoms with Crippen LogP contribution in [0.15, 0.2) is 24.3 Å². The average Bonchev–Trinajstić information content (AvgIpc) is 2.35. The van der Waals surface area contributed by atoms with Gasteiger partial charge < -0.3 is 10.5 Å². The summed E-state index contributed by atoms with van der Waals surface area (Å²) in [5, 5.41) is 1.08. The minimum atomic E-state index is 0.165. The fourth-order valence-electron chi connectivity index (χ4n) is 1.59. The number of hydrogen-bond acceptors (Lipinski definition) is 3. The Morgan fingerprint density at radius 1 is 1.35 bits per heavy atom. The van der Waals surface area contributed by atoms with Crippen molar-refractivity contribution in [3.05, 3.63) is 34.9 Å². The van der Waals surface area contributed by atoms with E-state index >= 15 is 0 Å². The van der Waals surface area contributed by atoms with Crippen molar-refractivity contribution in [3.8, 4) is 0 Å². The van der Waals surface area contributed by atoms with Crippen LogP contribution < -0.4 is 5.73 Å². The Morgan fingerprint density at radius 2 is 2.00 bits per heavy atom. The van der Waals surface area contributed by atoms with Crippen molar-refractivity contribution >= 4 is 23.4 Å². The fraction of sp³-hybridized carbons (Fsp3) is 0.538. The highest BCUT2D eigenvalue weighted by Gasteiger charge is 2.18. The van der Waals surface area contributed by atoms with Gasteiger partial charge in [-0.2, -0.15) is 0 Å². The molecule has 0 heterocycles. The number of benzene rings is 1. The van der Waals surface area contributed by atoms with Gasteiger partial charge in [-0.3, -0.25) is 0 Å². The Balaban J connectivity index is 2.71. The summed E-state index contributed by atoms with van der Waals surface area (Å²) in [4.78, 5) is 0. The summed E-state index contributed by atoms with van der Waals surface area (Å²) < 4.78 is 5.08. The van der Waals surface area contributed by atoms with Gasteiger partial charge in [0.25, 0.3) is 0 Å². The molecule has 1 aromatic rings. The summed E-state index contributed by atoms with van der Waals surface area (Å²) in [7, 11) is 1.72. The van der Waals surface area contributed by atoms with Crippen molar-refractivity contribution in [1.29, 1.82) is 0 Å². The standard InChI is InChI=1S/C13H20ClNOS/c1-3-12(15)13(17-9-8-16-2)10-4-6-11(14)7-5-10/h4-7,12-13H,3,8-9,15H2,1-2H3. The molecule has 0 spiro atoms. The molecule has 0 radical (unpaired) electrons. The average molecular weight is 274 g/mol. The highest BCUT2D eigenvalue weighted by Crippen LogP contribution is 2.32. The molecule has 2 unspecified atom stereocenters. The van der Waals surface area contributed by atoms with Gasteiger partial charge in [0.15, 0.2) is 0 Å². The number of nitrogens with two attached hydrogens (primary N) is 1. The highest BCUT2D eigenvalue weighted by atomic mass is 35.5. The van der Waals surface area contributed by atoms with Crippen LogP contribution in [0.25, 0.3) is 0 Å². The second-order valence-electron chi connectivity index (χ2n) is 3.91. The fourth-order valence-corrected chi connectivity index (χ4v) is 3.02. The second kappa shape index (κ2) is 7.98. The first-order valence-corrected chi connectivity index (χ1v) is 7.23. The first kappa shape index (κ1) is 14.8. The minimum absolute atomic E-state index is 0.165. The van der Waals surface area contributed by atoms with Gasteiger partial charge >= 0.3 is 0 Å². The molecule has 0 saturated carbocycles. The van der Waals surface area contributed by atoms with Gasteiger partial charge in [0, 0.05) is 29.2 Å². The van der Waals surface area contributed by atoms with E-state index < -0.39 is 0 Å². The molecule has 17 heavy (non-hydrogen) atoms. The molecule has 0 saturated heterocycles. The molecule has 4 heteroatoms. The van der Waals surface area contributed by atoms with Crippen LogP contribution in [-0.2, 0) is 4.74 Å². The maximum absolute atomic E-state index is 6.17. The molecule has 0 aliphatic heterocycles. The smallest absolute Gasteiger partial charge is 0.0553 e. The summed E-state index contributed by atoms with van der Waals surface area (Å²) in [6, 6.07) is 8.12. The van der Waals surface area contributed by atoms with Gasteiger partial charge in [0.05, 0.1) is 6.61 Å². The van der Waals surface area contributed by atoms with Gasteiger partial charge in [-0.05, 0) is 24.1 Å². The van der Waals surface area contributed by atoms with Crippen LogP contribution in [-0.4, -0.2) is 25.5 Å². The third kappa shape index (κ3) is 4.88. The Morgan fingerprint density at radius 3 is 2.53 bits per heavy atom.